The number of aryl methyl sites for hydroxylation is 2. The maximum absolute atomic E-state index is 13.7. The van der Waals surface area contributed by atoms with E-state index in [0.717, 1.165) is 81.4 Å². The standard InChI is InChI=1S/C32H30ClN3O2S.C27H19ClN2O3S.C5H11N/c1-23-8-14-29(15-9-23)39(37,38)36-22-31(26-6-5-7-28(33)18-26)30-19-27(20-34-32(30)36)25-12-10-24(11-13-25)21-35-16-3-2-4-17-35;1-18-5-11-24(12-6-18)34(32,33)30-16-26(21-3-2-4-23(28)13-21)25-14-22(15-29-27(25)30)20-9-7-19(17-31)8-10-20;1-2-4-6-5-3-1/h5-15,18-20,22H,2-4,16-17,21H2,1H3;2-17H,1H3;6H,1-5H2. The molecule has 12 rings (SSSR count). The van der Waals surface area contributed by atoms with Gasteiger partial charge in [-0.05, 0) is 154 Å². The normalized spacial score (nSPS) is 14.0. The molecule has 2 saturated heterocycles. The molecule has 4 aromatic heterocycles. The van der Waals surface area contributed by atoms with Crippen LogP contribution in [0.25, 0.3) is 66.6 Å². The Labute approximate surface area is 472 Å². The number of rotatable bonds is 11. The lowest BCUT2D eigenvalue weighted by Crippen LogP contribution is -2.28. The van der Waals surface area contributed by atoms with Crippen molar-refractivity contribution in [1.82, 2.24) is 28.1 Å². The van der Waals surface area contributed by atoms with Crippen molar-refractivity contribution >= 4 is 71.6 Å². The lowest BCUT2D eigenvalue weighted by Gasteiger charge is -2.26. The topological polar surface area (TPSA) is 136 Å². The van der Waals surface area contributed by atoms with Crippen molar-refractivity contribution in [3.63, 3.8) is 0 Å². The van der Waals surface area contributed by atoms with E-state index in [0.29, 0.717) is 37.9 Å². The van der Waals surface area contributed by atoms with E-state index in [9.17, 15) is 21.6 Å². The summed E-state index contributed by atoms with van der Waals surface area (Å²) in [6.45, 7) is 9.63. The van der Waals surface area contributed by atoms with Crippen LogP contribution in [0.5, 0.6) is 0 Å². The molecule has 0 aliphatic carbocycles. The van der Waals surface area contributed by atoms with Gasteiger partial charge in [-0.2, -0.15) is 0 Å². The Morgan fingerprint density at radius 2 is 0.949 bits per heavy atom. The number of hydrogen-bond donors (Lipinski definition) is 1. The van der Waals surface area contributed by atoms with Crippen LogP contribution in [0.1, 0.15) is 65.6 Å². The van der Waals surface area contributed by atoms with E-state index >= 15 is 0 Å². The molecule has 0 unspecified atom stereocenters. The van der Waals surface area contributed by atoms with E-state index in [1.807, 2.05) is 74.5 Å². The number of carbonyl (C=O) groups excluding carboxylic acids is 1. The number of aromatic nitrogens is 4. The number of hydrogen-bond acceptors (Lipinski definition) is 9. The molecule has 0 spiro atoms. The van der Waals surface area contributed by atoms with E-state index in [2.05, 4.69) is 39.5 Å². The Balaban J connectivity index is 0.000000162. The van der Waals surface area contributed by atoms with Gasteiger partial charge in [0, 0.05) is 80.0 Å². The summed E-state index contributed by atoms with van der Waals surface area (Å²) in [7, 11) is -7.74. The number of fused-ring (bicyclic) bond motifs is 2. The molecule has 402 valence electrons. The smallest absolute Gasteiger partial charge is 0.269 e. The first kappa shape index (κ1) is 55.1. The zero-order valence-corrected chi connectivity index (χ0v) is 47.2. The lowest BCUT2D eigenvalue weighted by molar-refractivity contribution is 0.112. The van der Waals surface area contributed by atoms with Gasteiger partial charge in [-0.3, -0.25) is 9.69 Å². The van der Waals surface area contributed by atoms with Gasteiger partial charge in [0.15, 0.2) is 11.3 Å². The number of likely N-dealkylation sites (tertiary alicyclic amines) is 1. The summed E-state index contributed by atoms with van der Waals surface area (Å²) in [5, 5.41) is 5.85. The first-order valence-electron chi connectivity index (χ1n) is 26.5. The molecule has 15 heteroatoms. The van der Waals surface area contributed by atoms with Crippen molar-refractivity contribution in [2.45, 2.75) is 68.7 Å². The fourth-order valence-corrected chi connectivity index (χ4v) is 13.0. The average molecular weight is 1130 g/mol. The second-order valence-corrected chi connectivity index (χ2v) is 24.6. The largest absolute Gasteiger partial charge is 0.317 e. The Kier molecular flexibility index (Phi) is 17.0. The minimum atomic E-state index is -3.88. The molecule has 0 saturated carbocycles. The summed E-state index contributed by atoms with van der Waals surface area (Å²) in [5.74, 6) is 0. The quantitative estimate of drug-likeness (QED) is 0.126. The second-order valence-electron chi connectivity index (χ2n) is 20.1. The zero-order valence-electron chi connectivity index (χ0n) is 44.0. The van der Waals surface area contributed by atoms with Crippen molar-refractivity contribution in [3.8, 4) is 44.5 Å². The highest BCUT2D eigenvalue weighted by Gasteiger charge is 2.26. The molecular weight excluding hydrogens is 1070 g/mol. The van der Waals surface area contributed by atoms with Crippen molar-refractivity contribution < 1.29 is 21.6 Å². The molecule has 0 bridgehead atoms. The van der Waals surface area contributed by atoms with Crippen LogP contribution in [0, 0.1) is 13.8 Å². The molecule has 2 fully saturated rings. The molecule has 79 heavy (non-hydrogen) atoms. The van der Waals surface area contributed by atoms with Crippen molar-refractivity contribution in [2.75, 3.05) is 26.2 Å². The fourth-order valence-electron chi connectivity index (χ4n) is 9.99. The average Bonchev–Trinajstić information content (AvgIpc) is 4.28. The molecule has 6 aromatic carbocycles. The maximum Gasteiger partial charge on any atom is 0.269 e. The molecule has 1 N–H and O–H groups in total. The predicted molar refractivity (Wildman–Crippen MR) is 320 cm³/mol. The third-order valence-corrected chi connectivity index (χ3v) is 18.2. The van der Waals surface area contributed by atoms with Crippen LogP contribution in [0.2, 0.25) is 10.0 Å². The van der Waals surface area contributed by atoms with E-state index in [1.54, 1.807) is 97.6 Å². The van der Waals surface area contributed by atoms with E-state index in [4.69, 9.17) is 28.2 Å². The highest BCUT2D eigenvalue weighted by atomic mass is 35.5. The molecule has 2 aliphatic rings. The molecule has 10 aromatic rings. The monoisotopic (exact) mass is 1130 g/mol. The van der Waals surface area contributed by atoms with Gasteiger partial charge in [0.25, 0.3) is 20.0 Å². The number of halogens is 2. The molecule has 0 radical (unpaired) electrons. The van der Waals surface area contributed by atoms with Crippen LogP contribution >= 0.6 is 23.2 Å². The number of benzene rings is 6. The van der Waals surface area contributed by atoms with Crippen LogP contribution in [-0.2, 0) is 26.6 Å². The molecular formula is C64H60Cl2N6O5S2. The Morgan fingerprint density at radius 3 is 1.35 bits per heavy atom. The number of piperidine rings is 2. The SMILES string of the molecule is C1CCNCC1.Cc1ccc(S(=O)(=O)n2cc(-c3cccc(Cl)c3)c3cc(-c4ccc(C=O)cc4)cnc32)cc1.Cc1ccc(S(=O)(=O)n2cc(-c3cccc(Cl)c3)c3cc(-c4ccc(CN5CCCCC5)cc4)cnc32)cc1. The third-order valence-electron chi connectivity index (χ3n) is 14.4. The van der Waals surface area contributed by atoms with Gasteiger partial charge in [0.05, 0.1) is 9.79 Å². The second kappa shape index (κ2) is 24.4. The minimum Gasteiger partial charge on any atom is -0.317 e. The molecule has 0 atom stereocenters. The van der Waals surface area contributed by atoms with Crippen LogP contribution in [-0.4, -0.2) is 72.1 Å². The summed E-state index contributed by atoms with van der Waals surface area (Å²) in [6, 6.07) is 48.0. The van der Waals surface area contributed by atoms with Gasteiger partial charge in [0.2, 0.25) is 0 Å². The van der Waals surface area contributed by atoms with Crippen molar-refractivity contribution in [1.29, 1.82) is 0 Å². The van der Waals surface area contributed by atoms with Gasteiger partial charge < -0.3 is 5.32 Å². The van der Waals surface area contributed by atoms with Gasteiger partial charge in [-0.1, -0.05) is 144 Å². The summed E-state index contributed by atoms with van der Waals surface area (Å²) in [6.07, 6.45) is 15.5. The van der Waals surface area contributed by atoms with E-state index in [-0.39, 0.29) is 9.79 Å². The number of carbonyl (C=O) groups is 1. The van der Waals surface area contributed by atoms with Crippen LogP contribution < -0.4 is 5.32 Å². The minimum absolute atomic E-state index is 0.183. The number of aldehydes is 1. The maximum atomic E-state index is 13.7. The first-order chi connectivity index (χ1) is 38.2. The predicted octanol–water partition coefficient (Wildman–Crippen LogP) is 14.7. The Hall–Kier alpha value is -7.23. The van der Waals surface area contributed by atoms with Crippen molar-refractivity contribution in [3.05, 3.63) is 215 Å². The van der Waals surface area contributed by atoms with Gasteiger partial charge >= 0.3 is 0 Å². The van der Waals surface area contributed by atoms with E-state index < -0.39 is 20.0 Å². The number of nitrogens with zero attached hydrogens (tertiary/aromatic N) is 5. The van der Waals surface area contributed by atoms with Gasteiger partial charge in [-0.15, -0.1) is 0 Å². The van der Waals surface area contributed by atoms with Gasteiger partial charge in [-0.25, -0.2) is 34.7 Å². The zero-order chi connectivity index (χ0) is 55.1. The third kappa shape index (κ3) is 12.6. The van der Waals surface area contributed by atoms with E-state index in [1.165, 1.54) is 65.1 Å². The summed E-state index contributed by atoms with van der Waals surface area (Å²) in [5.41, 5.74) is 11.3. The fraction of sp³-hybridized carbons (Fsp3) is 0.203. The van der Waals surface area contributed by atoms with Crippen LogP contribution in [0.15, 0.2) is 192 Å². The molecule has 0 amide bonds. The van der Waals surface area contributed by atoms with Crippen LogP contribution in [0.3, 0.4) is 0 Å². The number of nitrogens with one attached hydrogen (secondary N) is 1. The van der Waals surface area contributed by atoms with Crippen LogP contribution in [0.4, 0.5) is 0 Å². The molecule has 2 aliphatic heterocycles. The lowest BCUT2D eigenvalue weighted by atomic mass is 10.0. The summed E-state index contributed by atoms with van der Waals surface area (Å²) in [4.78, 5) is 23.2. The molecule has 6 heterocycles. The molecule has 11 nitrogen and oxygen atoms in total. The number of pyridine rings is 2. The van der Waals surface area contributed by atoms with Crippen molar-refractivity contribution in [2.24, 2.45) is 0 Å². The summed E-state index contributed by atoms with van der Waals surface area (Å²) >= 11 is 12.6. The highest BCUT2D eigenvalue weighted by molar-refractivity contribution is 7.90. The summed E-state index contributed by atoms with van der Waals surface area (Å²) < 4.78 is 57.1. The Morgan fingerprint density at radius 1 is 0.506 bits per heavy atom. The highest BCUT2D eigenvalue weighted by Crippen LogP contribution is 2.38. The van der Waals surface area contributed by atoms with Gasteiger partial charge in [0.1, 0.15) is 6.29 Å². The first-order valence-corrected chi connectivity index (χ1v) is 30.2. The Bertz CT molecular complexity index is 3990.